The maximum absolute atomic E-state index is 4.83. The SMILES string of the molecule is Cc1ccc(-c2cc3n(n2)CCCN(Cc2cccnc2)C3)cc1. The van der Waals surface area contributed by atoms with Gasteiger partial charge in [-0.3, -0.25) is 14.6 Å². The van der Waals surface area contributed by atoms with Gasteiger partial charge < -0.3 is 0 Å². The molecule has 4 nitrogen and oxygen atoms in total. The van der Waals surface area contributed by atoms with Gasteiger partial charge in [0, 0.05) is 44.1 Å². The van der Waals surface area contributed by atoms with E-state index in [0.717, 1.165) is 38.3 Å². The molecule has 0 aliphatic carbocycles. The Morgan fingerprint density at radius 3 is 2.75 bits per heavy atom. The van der Waals surface area contributed by atoms with Crippen LogP contribution in [0.4, 0.5) is 0 Å². The number of benzene rings is 1. The Morgan fingerprint density at radius 2 is 1.96 bits per heavy atom. The molecule has 0 fully saturated rings. The maximum atomic E-state index is 4.83. The third kappa shape index (κ3) is 3.24. The highest BCUT2D eigenvalue weighted by Gasteiger charge is 2.17. The van der Waals surface area contributed by atoms with Crippen molar-refractivity contribution in [3.05, 3.63) is 71.7 Å². The lowest BCUT2D eigenvalue weighted by atomic mass is 10.1. The highest BCUT2D eigenvalue weighted by atomic mass is 15.3. The minimum Gasteiger partial charge on any atom is -0.293 e. The monoisotopic (exact) mass is 318 g/mol. The zero-order valence-corrected chi connectivity index (χ0v) is 14.0. The van der Waals surface area contributed by atoms with E-state index in [4.69, 9.17) is 5.10 Å². The van der Waals surface area contributed by atoms with Crippen molar-refractivity contribution >= 4 is 0 Å². The summed E-state index contributed by atoms with van der Waals surface area (Å²) in [6.07, 6.45) is 4.91. The summed E-state index contributed by atoms with van der Waals surface area (Å²) in [6.45, 7) is 6.08. The van der Waals surface area contributed by atoms with Crippen molar-refractivity contribution in [2.24, 2.45) is 0 Å². The molecule has 0 amide bonds. The predicted molar refractivity (Wildman–Crippen MR) is 95.4 cm³/mol. The molecule has 1 aromatic carbocycles. The average Bonchev–Trinajstić information content (AvgIpc) is 2.90. The number of nitrogens with zero attached hydrogens (tertiary/aromatic N) is 4. The van der Waals surface area contributed by atoms with E-state index in [0.29, 0.717) is 0 Å². The molecule has 0 saturated heterocycles. The maximum Gasteiger partial charge on any atom is 0.0926 e. The van der Waals surface area contributed by atoms with Crippen LogP contribution in [0.5, 0.6) is 0 Å². The number of pyridine rings is 1. The van der Waals surface area contributed by atoms with Crippen molar-refractivity contribution in [1.29, 1.82) is 0 Å². The zero-order chi connectivity index (χ0) is 16.4. The largest absolute Gasteiger partial charge is 0.293 e. The fourth-order valence-corrected chi connectivity index (χ4v) is 3.28. The van der Waals surface area contributed by atoms with E-state index in [9.17, 15) is 0 Å². The molecule has 3 aromatic rings. The fourth-order valence-electron chi connectivity index (χ4n) is 3.28. The highest BCUT2D eigenvalue weighted by molar-refractivity contribution is 5.59. The summed E-state index contributed by atoms with van der Waals surface area (Å²) in [5, 5.41) is 4.83. The Balaban J connectivity index is 1.55. The molecule has 24 heavy (non-hydrogen) atoms. The van der Waals surface area contributed by atoms with Crippen LogP contribution in [0.15, 0.2) is 54.9 Å². The van der Waals surface area contributed by atoms with Gasteiger partial charge in [-0.1, -0.05) is 35.9 Å². The summed E-state index contributed by atoms with van der Waals surface area (Å²) in [6, 6.07) is 15.0. The van der Waals surface area contributed by atoms with Crippen molar-refractivity contribution in [2.45, 2.75) is 33.0 Å². The number of aryl methyl sites for hydroxylation is 2. The van der Waals surface area contributed by atoms with Crippen LogP contribution in [-0.2, 0) is 19.6 Å². The summed E-state index contributed by atoms with van der Waals surface area (Å²) in [5.41, 5.74) is 6.12. The van der Waals surface area contributed by atoms with Crippen LogP contribution in [0.25, 0.3) is 11.3 Å². The van der Waals surface area contributed by atoms with Crippen LogP contribution in [-0.4, -0.2) is 26.2 Å². The van der Waals surface area contributed by atoms with Crippen molar-refractivity contribution in [3.8, 4) is 11.3 Å². The molecule has 0 saturated carbocycles. The first-order chi connectivity index (χ1) is 11.8. The Hall–Kier alpha value is -2.46. The predicted octanol–water partition coefficient (Wildman–Crippen LogP) is 3.66. The van der Waals surface area contributed by atoms with Gasteiger partial charge in [0.25, 0.3) is 0 Å². The minimum absolute atomic E-state index is 0.938. The first-order valence-corrected chi connectivity index (χ1v) is 8.53. The van der Waals surface area contributed by atoms with Crippen molar-refractivity contribution in [3.63, 3.8) is 0 Å². The molecule has 0 N–H and O–H groups in total. The molecule has 0 bridgehead atoms. The van der Waals surface area contributed by atoms with Crippen molar-refractivity contribution < 1.29 is 0 Å². The van der Waals surface area contributed by atoms with E-state index < -0.39 is 0 Å². The van der Waals surface area contributed by atoms with Crippen molar-refractivity contribution in [1.82, 2.24) is 19.7 Å². The lowest BCUT2D eigenvalue weighted by Gasteiger charge is -2.19. The smallest absolute Gasteiger partial charge is 0.0926 e. The van der Waals surface area contributed by atoms with Crippen LogP contribution in [0, 0.1) is 6.92 Å². The summed E-state index contributed by atoms with van der Waals surface area (Å²) in [7, 11) is 0. The molecular weight excluding hydrogens is 296 g/mol. The average molecular weight is 318 g/mol. The third-order valence-corrected chi connectivity index (χ3v) is 4.57. The Labute approximate surface area is 142 Å². The first kappa shape index (κ1) is 15.1. The summed E-state index contributed by atoms with van der Waals surface area (Å²) in [4.78, 5) is 6.71. The number of fused-ring (bicyclic) bond motifs is 1. The van der Waals surface area contributed by atoms with Gasteiger partial charge in [-0.25, -0.2) is 0 Å². The normalized spacial score (nSPS) is 15.0. The lowest BCUT2D eigenvalue weighted by Crippen LogP contribution is -2.22. The van der Waals surface area contributed by atoms with Crippen LogP contribution in [0.3, 0.4) is 0 Å². The molecule has 0 spiro atoms. The Morgan fingerprint density at radius 1 is 1.08 bits per heavy atom. The van der Waals surface area contributed by atoms with E-state index in [2.05, 4.69) is 57.9 Å². The second-order valence-corrected chi connectivity index (χ2v) is 6.54. The summed E-state index contributed by atoms with van der Waals surface area (Å²) in [5.74, 6) is 0. The van der Waals surface area contributed by atoms with Gasteiger partial charge in [-0.15, -0.1) is 0 Å². The zero-order valence-electron chi connectivity index (χ0n) is 14.0. The molecule has 4 heteroatoms. The molecule has 0 unspecified atom stereocenters. The van der Waals surface area contributed by atoms with Gasteiger partial charge in [0.2, 0.25) is 0 Å². The van der Waals surface area contributed by atoms with Crippen LogP contribution in [0.1, 0.15) is 23.2 Å². The molecule has 1 aliphatic heterocycles. The number of rotatable bonds is 3. The topological polar surface area (TPSA) is 34.0 Å². The first-order valence-electron chi connectivity index (χ1n) is 8.53. The number of hydrogen-bond acceptors (Lipinski definition) is 3. The highest BCUT2D eigenvalue weighted by Crippen LogP contribution is 2.23. The Kier molecular flexibility index (Phi) is 4.13. The standard InChI is InChI=1S/C20H22N4/c1-16-5-7-18(8-6-16)20-12-19-15-23(10-3-11-24(19)22-20)14-17-4-2-9-21-13-17/h2,4-9,12-13H,3,10-11,14-15H2,1H3. The quantitative estimate of drug-likeness (QED) is 0.739. The molecule has 0 radical (unpaired) electrons. The van der Waals surface area contributed by atoms with Gasteiger partial charge in [0.15, 0.2) is 0 Å². The van der Waals surface area contributed by atoms with E-state index in [1.54, 1.807) is 0 Å². The van der Waals surface area contributed by atoms with Gasteiger partial charge in [0.05, 0.1) is 11.4 Å². The molecule has 1 aliphatic rings. The Bertz CT molecular complexity index is 805. The van der Waals surface area contributed by atoms with Crippen LogP contribution in [0.2, 0.25) is 0 Å². The molecule has 0 atom stereocenters. The molecule has 3 heterocycles. The second-order valence-electron chi connectivity index (χ2n) is 6.54. The van der Waals surface area contributed by atoms with Gasteiger partial charge in [-0.05, 0) is 31.0 Å². The minimum atomic E-state index is 0.938. The summed E-state index contributed by atoms with van der Waals surface area (Å²) >= 11 is 0. The number of hydrogen-bond donors (Lipinski definition) is 0. The van der Waals surface area contributed by atoms with Crippen molar-refractivity contribution in [2.75, 3.05) is 6.54 Å². The second kappa shape index (κ2) is 6.57. The van der Waals surface area contributed by atoms with E-state index in [1.165, 1.54) is 22.4 Å². The van der Waals surface area contributed by atoms with Gasteiger partial charge in [0.1, 0.15) is 0 Å². The van der Waals surface area contributed by atoms with E-state index in [1.807, 2.05) is 18.5 Å². The summed E-state index contributed by atoms with van der Waals surface area (Å²) < 4.78 is 2.18. The molecule has 4 rings (SSSR count). The van der Waals surface area contributed by atoms with Crippen LogP contribution < -0.4 is 0 Å². The lowest BCUT2D eigenvalue weighted by molar-refractivity contribution is 0.261. The third-order valence-electron chi connectivity index (χ3n) is 4.57. The van der Waals surface area contributed by atoms with Gasteiger partial charge >= 0.3 is 0 Å². The van der Waals surface area contributed by atoms with E-state index in [-0.39, 0.29) is 0 Å². The number of aromatic nitrogens is 3. The molecular formula is C20H22N4. The van der Waals surface area contributed by atoms with E-state index >= 15 is 0 Å². The molecule has 2 aromatic heterocycles. The van der Waals surface area contributed by atoms with Crippen LogP contribution >= 0.6 is 0 Å². The van der Waals surface area contributed by atoms with Gasteiger partial charge in [-0.2, -0.15) is 5.10 Å². The fraction of sp³-hybridized carbons (Fsp3) is 0.300. The molecule has 122 valence electrons.